The van der Waals surface area contributed by atoms with E-state index in [0.29, 0.717) is 13.1 Å². The normalized spacial score (nSPS) is 11.1. The molecule has 0 fully saturated rings. The third-order valence-electron chi connectivity index (χ3n) is 4.12. The van der Waals surface area contributed by atoms with Crippen LogP contribution in [0.1, 0.15) is 25.0 Å². The molecule has 0 saturated carbocycles. The fraction of sp³-hybridized carbons (Fsp3) is 0.273. The number of hydrogen-bond acceptors (Lipinski definition) is 3. The van der Waals surface area contributed by atoms with Crippen molar-refractivity contribution in [3.63, 3.8) is 0 Å². The van der Waals surface area contributed by atoms with Crippen LogP contribution in [0.5, 0.6) is 0 Å². The Labute approximate surface area is 169 Å². The van der Waals surface area contributed by atoms with Gasteiger partial charge in [-0.3, -0.25) is 4.79 Å². The molecule has 5 heteroatoms. The van der Waals surface area contributed by atoms with Crippen molar-refractivity contribution in [1.29, 1.82) is 5.26 Å². The molecule has 0 atom stereocenters. The molecule has 1 amide bonds. The predicted molar refractivity (Wildman–Crippen MR) is 112 cm³/mol. The van der Waals surface area contributed by atoms with Crippen molar-refractivity contribution < 1.29 is 4.79 Å². The van der Waals surface area contributed by atoms with Gasteiger partial charge in [0.2, 0.25) is 0 Å². The Morgan fingerprint density at radius 3 is 2.52 bits per heavy atom. The van der Waals surface area contributed by atoms with Gasteiger partial charge >= 0.3 is 0 Å². The van der Waals surface area contributed by atoms with Gasteiger partial charge in [0.05, 0.1) is 0 Å². The molecular weight excluding hydrogens is 402 g/mol. The topological polar surface area (TPSA) is 56.1 Å². The van der Waals surface area contributed by atoms with Crippen LogP contribution in [0.3, 0.4) is 0 Å². The van der Waals surface area contributed by atoms with E-state index in [-0.39, 0.29) is 17.5 Å². The van der Waals surface area contributed by atoms with Crippen LogP contribution in [-0.2, 0) is 17.8 Å². The van der Waals surface area contributed by atoms with Gasteiger partial charge in [0.1, 0.15) is 11.6 Å². The zero-order valence-corrected chi connectivity index (χ0v) is 17.2. The highest BCUT2D eigenvalue weighted by Crippen LogP contribution is 2.13. The van der Waals surface area contributed by atoms with E-state index >= 15 is 0 Å². The smallest absolute Gasteiger partial charge is 0.266 e. The number of carbonyl (C=O) groups excluding carboxylic acids is 1. The molecule has 0 spiro atoms. The van der Waals surface area contributed by atoms with Gasteiger partial charge in [-0.15, -0.1) is 0 Å². The maximum Gasteiger partial charge on any atom is 0.266 e. The summed E-state index contributed by atoms with van der Waals surface area (Å²) in [5.41, 5.74) is 2.34. The van der Waals surface area contributed by atoms with Gasteiger partial charge < -0.3 is 10.2 Å². The summed E-state index contributed by atoms with van der Waals surface area (Å²) >= 11 is 3.46. The molecule has 1 N–H and O–H groups in total. The number of rotatable bonds is 8. The summed E-state index contributed by atoms with van der Waals surface area (Å²) < 4.78 is 1.04. The summed E-state index contributed by atoms with van der Waals surface area (Å²) in [6, 6.07) is 19.9. The molecule has 0 saturated heterocycles. The Balaban J connectivity index is 1.99. The maximum absolute atomic E-state index is 12.8. The van der Waals surface area contributed by atoms with E-state index in [1.807, 2.05) is 68.4 Å². The molecule has 140 valence electrons. The van der Waals surface area contributed by atoms with E-state index in [1.54, 1.807) is 4.90 Å². The van der Waals surface area contributed by atoms with Gasteiger partial charge in [0.15, 0.2) is 0 Å². The number of benzene rings is 2. The third-order valence-corrected chi connectivity index (χ3v) is 4.62. The van der Waals surface area contributed by atoms with Crippen LogP contribution in [-0.4, -0.2) is 23.4 Å². The van der Waals surface area contributed by atoms with Crippen LogP contribution in [0.25, 0.3) is 0 Å². The van der Waals surface area contributed by atoms with Crippen molar-refractivity contribution in [3.8, 4) is 6.07 Å². The molecule has 0 aliphatic carbocycles. The molecule has 0 aliphatic heterocycles. The van der Waals surface area contributed by atoms with Crippen LogP contribution >= 0.6 is 15.9 Å². The van der Waals surface area contributed by atoms with Gasteiger partial charge in [0, 0.05) is 29.8 Å². The quantitative estimate of drug-likeness (QED) is 0.386. The Morgan fingerprint density at radius 2 is 1.89 bits per heavy atom. The first-order valence-electron chi connectivity index (χ1n) is 8.94. The number of nitrogens with zero attached hydrogens (tertiary/aromatic N) is 2. The summed E-state index contributed by atoms with van der Waals surface area (Å²) in [6.45, 7) is 5.04. The van der Waals surface area contributed by atoms with E-state index < -0.39 is 0 Å². The molecule has 2 aromatic carbocycles. The Morgan fingerprint density at radius 1 is 1.19 bits per heavy atom. The molecule has 2 rings (SSSR count). The number of hydrogen-bond donors (Lipinski definition) is 1. The monoisotopic (exact) mass is 425 g/mol. The molecule has 0 unspecified atom stereocenters. The number of carbonyl (C=O) groups is 1. The van der Waals surface area contributed by atoms with Gasteiger partial charge in [-0.2, -0.15) is 5.26 Å². The second-order valence-corrected chi connectivity index (χ2v) is 7.43. The summed E-state index contributed by atoms with van der Waals surface area (Å²) in [5.74, 6) is -0.258. The van der Waals surface area contributed by atoms with Gasteiger partial charge in [-0.05, 0) is 43.5 Å². The average molecular weight is 426 g/mol. The second-order valence-electron chi connectivity index (χ2n) is 6.52. The van der Waals surface area contributed by atoms with Gasteiger partial charge in [-0.1, -0.05) is 58.4 Å². The minimum Gasteiger partial charge on any atom is -0.389 e. The maximum atomic E-state index is 12.8. The molecule has 0 heterocycles. The molecule has 0 aromatic heterocycles. The second kappa shape index (κ2) is 10.5. The lowest BCUT2D eigenvalue weighted by Crippen LogP contribution is -2.37. The zero-order chi connectivity index (χ0) is 19.6. The van der Waals surface area contributed by atoms with Gasteiger partial charge in [0.25, 0.3) is 5.91 Å². The Kier molecular flexibility index (Phi) is 8.09. The highest BCUT2D eigenvalue weighted by atomic mass is 79.9. The Hall–Kier alpha value is -2.58. The van der Waals surface area contributed by atoms with Gasteiger partial charge in [-0.25, -0.2) is 0 Å². The number of nitrogens with one attached hydrogen (secondary N) is 1. The molecule has 0 bridgehead atoms. The first kappa shape index (κ1) is 20.7. The fourth-order valence-corrected chi connectivity index (χ4v) is 3.10. The fourth-order valence-electron chi connectivity index (χ4n) is 2.65. The minimum absolute atomic E-state index is 0.00359. The molecule has 2 aromatic rings. The standard InChI is InChI=1S/C22H24BrN3O/c1-17(2)26(16-19-7-4-3-5-8-19)22(27)20(14-24)15-25-12-11-18-9-6-10-21(23)13-18/h3-10,13,15,17,25H,11-12,16H2,1-2H3/b20-15-. The minimum atomic E-state index is -0.258. The summed E-state index contributed by atoms with van der Waals surface area (Å²) in [4.78, 5) is 14.5. The van der Waals surface area contributed by atoms with E-state index in [0.717, 1.165) is 16.5 Å². The molecule has 27 heavy (non-hydrogen) atoms. The lowest BCUT2D eigenvalue weighted by molar-refractivity contribution is -0.129. The zero-order valence-electron chi connectivity index (χ0n) is 15.7. The van der Waals surface area contributed by atoms with Crippen molar-refractivity contribution in [1.82, 2.24) is 10.2 Å². The van der Waals surface area contributed by atoms with E-state index in [1.165, 1.54) is 11.8 Å². The first-order chi connectivity index (χ1) is 13.0. The summed E-state index contributed by atoms with van der Waals surface area (Å²) in [6.07, 6.45) is 2.33. The van der Waals surface area contributed by atoms with Crippen molar-refractivity contribution >= 4 is 21.8 Å². The highest BCUT2D eigenvalue weighted by molar-refractivity contribution is 9.10. The van der Waals surface area contributed by atoms with Crippen molar-refractivity contribution in [2.75, 3.05) is 6.54 Å². The molecule has 4 nitrogen and oxygen atoms in total. The first-order valence-corrected chi connectivity index (χ1v) is 9.73. The third kappa shape index (κ3) is 6.58. The van der Waals surface area contributed by atoms with E-state index in [9.17, 15) is 10.1 Å². The number of amides is 1. The van der Waals surface area contributed by atoms with E-state index in [4.69, 9.17) is 0 Å². The summed E-state index contributed by atoms with van der Waals surface area (Å²) in [5, 5.41) is 12.5. The largest absolute Gasteiger partial charge is 0.389 e. The van der Waals surface area contributed by atoms with Crippen molar-refractivity contribution in [3.05, 3.63) is 82.0 Å². The summed E-state index contributed by atoms with van der Waals surface area (Å²) in [7, 11) is 0. The predicted octanol–water partition coefficient (Wildman–Crippen LogP) is 4.43. The Bertz CT molecular complexity index is 825. The van der Waals surface area contributed by atoms with Crippen LogP contribution in [0.2, 0.25) is 0 Å². The van der Waals surface area contributed by atoms with E-state index in [2.05, 4.69) is 27.3 Å². The van der Waals surface area contributed by atoms with Crippen molar-refractivity contribution in [2.24, 2.45) is 0 Å². The average Bonchev–Trinajstić information content (AvgIpc) is 2.66. The SMILES string of the molecule is CC(C)N(Cc1ccccc1)C(=O)/C(C#N)=C\NCCc1cccc(Br)c1. The lowest BCUT2D eigenvalue weighted by atomic mass is 10.1. The van der Waals surface area contributed by atoms with Crippen LogP contribution in [0.15, 0.2) is 70.8 Å². The highest BCUT2D eigenvalue weighted by Gasteiger charge is 2.21. The van der Waals surface area contributed by atoms with Crippen LogP contribution in [0.4, 0.5) is 0 Å². The molecule has 0 radical (unpaired) electrons. The van der Waals surface area contributed by atoms with Crippen LogP contribution < -0.4 is 5.32 Å². The molecule has 0 aliphatic rings. The number of nitriles is 1. The number of halogens is 1. The van der Waals surface area contributed by atoms with Crippen LogP contribution in [0, 0.1) is 11.3 Å². The van der Waals surface area contributed by atoms with Crippen molar-refractivity contribution in [2.45, 2.75) is 32.9 Å². The molecular formula is C22H24BrN3O. The lowest BCUT2D eigenvalue weighted by Gasteiger charge is -2.26.